The van der Waals surface area contributed by atoms with Gasteiger partial charge in [0, 0.05) is 13.2 Å². The molecule has 1 atom stereocenters. The maximum Gasteiger partial charge on any atom is 0.199 e. The van der Waals surface area contributed by atoms with Crippen molar-refractivity contribution in [2.24, 2.45) is 5.92 Å². The highest BCUT2D eigenvalue weighted by Crippen LogP contribution is 2.14. The molecule has 2 aromatic heterocycles. The van der Waals surface area contributed by atoms with E-state index < -0.39 is 0 Å². The van der Waals surface area contributed by atoms with Gasteiger partial charge in [0.2, 0.25) is 0 Å². The maximum atomic E-state index is 5.44. The monoisotopic (exact) mass is 234 g/mol. The first kappa shape index (κ1) is 10.4. The fraction of sp³-hybridized carbons (Fsp3) is 0.600. The summed E-state index contributed by atoms with van der Waals surface area (Å²) in [7, 11) is 0. The molecule has 7 heteroatoms. The van der Waals surface area contributed by atoms with Crippen LogP contribution in [0.2, 0.25) is 0 Å². The van der Waals surface area contributed by atoms with Crippen LogP contribution in [0.3, 0.4) is 0 Å². The van der Waals surface area contributed by atoms with Crippen molar-refractivity contribution in [3.63, 3.8) is 0 Å². The fourth-order valence-corrected chi connectivity index (χ4v) is 2.01. The number of rotatable bonds is 3. The smallest absolute Gasteiger partial charge is 0.199 e. The van der Waals surface area contributed by atoms with Crippen LogP contribution in [-0.4, -0.2) is 44.8 Å². The van der Waals surface area contributed by atoms with Crippen molar-refractivity contribution < 1.29 is 4.74 Å². The molecule has 1 aliphatic heterocycles. The van der Waals surface area contributed by atoms with E-state index in [4.69, 9.17) is 4.74 Å². The molecule has 0 aliphatic carbocycles. The zero-order valence-corrected chi connectivity index (χ0v) is 9.41. The van der Waals surface area contributed by atoms with Crippen molar-refractivity contribution in [3.05, 3.63) is 12.4 Å². The molecule has 1 saturated heterocycles. The molecule has 0 spiro atoms. The molecule has 1 N–H and O–H groups in total. The third-order valence-electron chi connectivity index (χ3n) is 2.94. The number of tetrazole rings is 1. The SMILES string of the molecule is c1ncc2nnnn2c1NCC1CCCOC1. The van der Waals surface area contributed by atoms with E-state index in [1.54, 1.807) is 16.9 Å². The van der Waals surface area contributed by atoms with E-state index in [1.165, 1.54) is 6.42 Å². The van der Waals surface area contributed by atoms with Crippen LogP contribution in [0.1, 0.15) is 12.8 Å². The second kappa shape index (κ2) is 4.62. The van der Waals surface area contributed by atoms with Gasteiger partial charge >= 0.3 is 0 Å². The summed E-state index contributed by atoms with van der Waals surface area (Å²) >= 11 is 0. The van der Waals surface area contributed by atoms with Gasteiger partial charge < -0.3 is 10.1 Å². The average molecular weight is 234 g/mol. The number of hydrogen-bond donors (Lipinski definition) is 1. The van der Waals surface area contributed by atoms with Crippen molar-refractivity contribution >= 4 is 11.5 Å². The van der Waals surface area contributed by atoms with Gasteiger partial charge in [0.05, 0.1) is 19.0 Å². The Kier molecular flexibility index (Phi) is 2.83. The minimum atomic E-state index is 0.551. The van der Waals surface area contributed by atoms with Crippen molar-refractivity contribution in [1.29, 1.82) is 0 Å². The summed E-state index contributed by atoms with van der Waals surface area (Å²) in [5, 5.41) is 14.7. The Labute approximate surface area is 98.2 Å². The summed E-state index contributed by atoms with van der Waals surface area (Å²) in [6.07, 6.45) is 5.70. The van der Waals surface area contributed by atoms with Crippen molar-refractivity contribution in [2.75, 3.05) is 25.1 Å². The van der Waals surface area contributed by atoms with Gasteiger partial charge in [-0.15, -0.1) is 5.10 Å². The Morgan fingerprint density at radius 2 is 2.47 bits per heavy atom. The number of ether oxygens (including phenoxy) is 1. The van der Waals surface area contributed by atoms with E-state index in [2.05, 4.69) is 25.8 Å². The molecule has 1 aliphatic rings. The maximum absolute atomic E-state index is 5.44. The van der Waals surface area contributed by atoms with Crippen LogP contribution in [0, 0.1) is 5.92 Å². The summed E-state index contributed by atoms with van der Waals surface area (Å²) in [5.41, 5.74) is 0.648. The van der Waals surface area contributed by atoms with E-state index in [1.807, 2.05) is 0 Å². The second-order valence-corrected chi connectivity index (χ2v) is 4.21. The van der Waals surface area contributed by atoms with E-state index in [0.717, 1.165) is 32.0 Å². The molecule has 0 radical (unpaired) electrons. The number of anilines is 1. The summed E-state index contributed by atoms with van der Waals surface area (Å²) in [5.74, 6) is 1.37. The van der Waals surface area contributed by atoms with Crippen LogP contribution >= 0.6 is 0 Å². The Bertz CT molecular complexity index is 492. The van der Waals surface area contributed by atoms with Gasteiger partial charge in [-0.05, 0) is 29.2 Å². The number of nitrogens with one attached hydrogen (secondary N) is 1. The predicted octanol–water partition coefficient (Wildman–Crippen LogP) is 0.358. The van der Waals surface area contributed by atoms with Crippen molar-refractivity contribution in [3.8, 4) is 0 Å². The van der Waals surface area contributed by atoms with E-state index >= 15 is 0 Å². The average Bonchev–Trinajstić information content (AvgIpc) is 2.86. The highest BCUT2D eigenvalue weighted by Gasteiger charge is 2.14. The van der Waals surface area contributed by atoms with Gasteiger partial charge in [-0.25, -0.2) is 0 Å². The van der Waals surface area contributed by atoms with Crippen LogP contribution < -0.4 is 5.32 Å². The third-order valence-corrected chi connectivity index (χ3v) is 2.94. The Morgan fingerprint density at radius 1 is 1.47 bits per heavy atom. The molecule has 1 unspecified atom stereocenters. The van der Waals surface area contributed by atoms with Crippen LogP contribution in [0.4, 0.5) is 5.82 Å². The quantitative estimate of drug-likeness (QED) is 0.826. The third kappa shape index (κ3) is 2.19. The lowest BCUT2D eigenvalue weighted by molar-refractivity contribution is 0.0594. The summed E-state index contributed by atoms with van der Waals surface area (Å²) in [6.45, 7) is 2.58. The zero-order chi connectivity index (χ0) is 11.5. The van der Waals surface area contributed by atoms with Gasteiger partial charge in [-0.3, -0.25) is 4.98 Å². The van der Waals surface area contributed by atoms with Crippen LogP contribution in [0.25, 0.3) is 5.65 Å². The number of fused-ring (bicyclic) bond motifs is 1. The van der Waals surface area contributed by atoms with E-state index in [0.29, 0.717) is 11.6 Å². The molecule has 3 rings (SSSR count). The molecular weight excluding hydrogens is 220 g/mol. The highest BCUT2D eigenvalue weighted by molar-refractivity contribution is 5.43. The van der Waals surface area contributed by atoms with Crippen LogP contribution in [0.15, 0.2) is 12.4 Å². The summed E-state index contributed by atoms with van der Waals surface area (Å²) in [4.78, 5) is 4.09. The van der Waals surface area contributed by atoms with Gasteiger partial charge in [0.15, 0.2) is 5.65 Å². The molecule has 7 nitrogen and oxygen atoms in total. The number of aromatic nitrogens is 5. The zero-order valence-electron chi connectivity index (χ0n) is 9.41. The lowest BCUT2D eigenvalue weighted by atomic mass is 10.0. The molecule has 17 heavy (non-hydrogen) atoms. The topological polar surface area (TPSA) is 77.2 Å². The van der Waals surface area contributed by atoms with Gasteiger partial charge in [0.25, 0.3) is 0 Å². The van der Waals surface area contributed by atoms with Crippen LogP contribution in [-0.2, 0) is 4.74 Å². The molecule has 3 heterocycles. The lowest BCUT2D eigenvalue weighted by Gasteiger charge is -2.22. The molecule has 1 fully saturated rings. The molecule has 0 saturated carbocycles. The number of hydrogen-bond acceptors (Lipinski definition) is 6. The van der Waals surface area contributed by atoms with E-state index in [9.17, 15) is 0 Å². The minimum absolute atomic E-state index is 0.551. The Hall–Kier alpha value is -1.76. The standard InChI is InChI=1S/C10H14N6O/c1-2-8(7-17-3-1)4-12-9-5-11-6-10-13-14-15-16(9)10/h5-6,8,12H,1-4,7H2. The minimum Gasteiger partial charge on any atom is -0.381 e. The predicted molar refractivity (Wildman–Crippen MR) is 60.6 cm³/mol. The normalized spacial score (nSPS) is 20.6. The second-order valence-electron chi connectivity index (χ2n) is 4.21. The molecule has 0 aromatic carbocycles. The van der Waals surface area contributed by atoms with Gasteiger partial charge in [0.1, 0.15) is 5.82 Å². The Balaban J connectivity index is 1.69. The number of nitrogens with zero attached hydrogens (tertiary/aromatic N) is 5. The first-order valence-electron chi connectivity index (χ1n) is 5.77. The van der Waals surface area contributed by atoms with Gasteiger partial charge in [-0.1, -0.05) is 0 Å². The van der Waals surface area contributed by atoms with Crippen molar-refractivity contribution in [2.45, 2.75) is 12.8 Å². The molecular formula is C10H14N6O. The fourth-order valence-electron chi connectivity index (χ4n) is 2.01. The lowest BCUT2D eigenvalue weighted by Crippen LogP contribution is -2.25. The first-order valence-corrected chi connectivity index (χ1v) is 5.77. The molecule has 2 aromatic rings. The summed E-state index contributed by atoms with van der Waals surface area (Å²) in [6, 6.07) is 0. The highest BCUT2D eigenvalue weighted by atomic mass is 16.5. The Morgan fingerprint density at radius 3 is 3.35 bits per heavy atom. The first-order chi connectivity index (χ1) is 8.43. The van der Waals surface area contributed by atoms with Crippen molar-refractivity contribution in [1.82, 2.24) is 25.0 Å². The molecule has 0 bridgehead atoms. The van der Waals surface area contributed by atoms with Crippen LogP contribution in [0.5, 0.6) is 0 Å². The van der Waals surface area contributed by atoms with Gasteiger partial charge in [-0.2, -0.15) is 4.52 Å². The largest absolute Gasteiger partial charge is 0.381 e. The summed E-state index contributed by atoms with van der Waals surface area (Å²) < 4.78 is 7.09. The molecule has 90 valence electrons. The molecule has 0 amide bonds. The van der Waals surface area contributed by atoms with E-state index in [-0.39, 0.29) is 0 Å².